The first-order chi connectivity index (χ1) is 36.7. The van der Waals surface area contributed by atoms with Gasteiger partial charge in [0.2, 0.25) is 0 Å². The third kappa shape index (κ3) is 18.5. The van der Waals surface area contributed by atoms with Gasteiger partial charge in [0.05, 0.1) is 68.4 Å². The Bertz CT molecular complexity index is 3070. The van der Waals surface area contributed by atoms with Crippen molar-refractivity contribution in [3.05, 3.63) is 334 Å². The van der Waals surface area contributed by atoms with Crippen LogP contribution in [0.5, 0.6) is 0 Å². The van der Waals surface area contributed by atoms with Crippen molar-refractivity contribution in [1.82, 2.24) is 9.97 Å². The molecule has 0 N–H and O–H groups in total. The topological polar surface area (TPSA) is 75.2 Å². The Hall–Kier alpha value is -6.20. The molecule has 8 aromatic carbocycles. The molecule has 0 aliphatic heterocycles. The first-order valence-electron chi connectivity index (χ1n) is 23.4. The van der Waals surface area contributed by atoms with E-state index in [9.17, 15) is 0 Å². The molecule has 392 valence electrons. The van der Waals surface area contributed by atoms with Crippen LogP contribution >= 0.6 is 68.0 Å². The van der Waals surface area contributed by atoms with E-state index in [0.717, 1.165) is 104 Å². The Kier molecular flexibility index (Phi) is 26.2. The zero-order valence-electron chi connectivity index (χ0n) is 42.5. The van der Waals surface area contributed by atoms with Gasteiger partial charge in [-0.15, -0.1) is 0 Å². The molecule has 0 unspecified atom stereocenters. The van der Waals surface area contributed by atoms with Crippen LogP contribution in [-0.4, -0.2) is 32.8 Å². The van der Waals surface area contributed by atoms with Gasteiger partial charge in [0.15, 0.2) is 0 Å². The van der Waals surface area contributed by atoms with E-state index < -0.39 is 0 Å². The molecule has 0 bridgehead atoms. The largest absolute Gasteiger partial charge is 2.00 e. The Morgan fingerprint density at radius 3 is 0.744 bits per heavy atom. The molecular formula is C65H51Br3Cl2Fe2N6. The van der Waals surface area contributed by atoms with E-state index in [2.05, 4.69) is 115 Å². The third-order valence-electron chi connectivity index (χ3n) is 11.1. The van der Waals surface area contributed by atoms with Gasteiger partial charge < -0.3 is 14.9 Å². The average molecular weight is 1340 g/mol. The first-order valence-corrected chi connectivity index (χ1v) is 28.9. The van der Waals surface area contributed by atoms with Gasteiger partial charge in [0.25, 0.3) is 0 Å². The summed E-state index contributed by atoms with van der Waals surface area (Å²) in [5, 5.41) is 0. The molecule has 0 radical (unpaired) electrons. The minimum absolute atomic E-state index is 0. The predicted octanol–water partition coefficient (Wildman–Crippen LogP) is 19.7. The second kappa shape index (κ2) is 32.6. The van der Waals surface area contributed by atoms with Crippen LogP contribution in [0.15, 0.2) is 288 Å². The number of aliphatic imine (C=N–C) groups is 4. The van der Waals surface area contributed by atoms with Gasteiger partial charge in [-0.2, -0.15) is 0 Å². The molecule has 13 heteroatoms. The molecule has 2 heterocycles. The van der Waals surface area contributed by atoms with Crippen LogP contribution < -0.4 is 0 Å². The van der Waals surface area contributed by atoms with Gasteiger partial charge in [-0.25, -0.2) is 29.9 Å². The van der Waals surface area contributed by atoms with E-state index >= 15 is 0 Å². The smallest absolute Gasteiger partial charge is 2.00 e. The fraction of sp³-hybridized carbons (Fsp3) is 0.0154. The zero-order valence-corrected chi connectivity index (χ0v) is 51.0. The summed E-state index contributed by atoms with van der Waals surface area (Å²) >= 11 is 10.7. The Morgan fingerprint density at radius 1 is 0.321 bits per heavy atom. The predicted molar refractivity (Wildman–Crippen MR) is 334 cm³/mol. The van der Waals surface area contributed by atoms with Crippen LogP contribution in [0.1, 0.15) is 50.6 Å². The van der Waals surface area contributed by atoms with E-state index in [1.165, 1.54) is 5.56 Å². The molecule has 0 aliphatic carbocycles. The molecule has 0 saturated carbocycles. The molecule has 78 heavy (non-hydrogen) atoms. The fourth-order valence-corrected chi connectivity index (χ4v) is 8.34. The maximum atomic E-state index is 5.08. The van der Waals surface area contributed by atoms with Gasteiger partial charge in [-0.05, 0) is 116 Å². The minimum Gasteiger partial charge on any atom is 2.00 e. The van der Waals surface area contributed by atoms with E-state index in [1.807, 2.05) is 194 Å². The molecule has 0 amide bonds. The van der Waals surface area contributed by atoms with Crippen LogP contribution in [0.25, 0.3) is 0 Å². The van der Waals surface area contributed by atoms with E-state index in [0.29, 0.717) is 0 Å². The number of benzene rings is 8. The van der Waals surface area contributed by atoms with Crippen molar-refractivity contribution in [3.63, 3.8) is 0 Å². The Balaban J connectivity index is 0.000000264. The second-order valence-corrected chi connectivity index (χ2v) is 21.0. The summed E-state index contributed by atoms with van der Waals surface area (Å²) in [5.74, 6) is 0. The summed E-state index contributed by atoms with van der Waals surface area (Å²) in [5.41, 5.74) is 15.0. The van der Waals surface area contributed by atoms with Crippen molar-refractivity contribution in [2.75, 3.05) is 0 Å². The molecular weight excluding hydrogens is 1290 g/mol. The Morgan fingerprint density at radius 2 is 0.526 bits per heavy atom. The van der Waals surface area contributed by atoms with Crippen LogP contribution in [0, 0.1) is 21.8 Å². The summed E-state index contributed by atoms with van der Waals surface area (Å²) in [6.07, 6.45) is 0. The number of aromatic nitrogens is 2. The SMILES string of the molecule is Brc1ccc(N=C(c2ccccc2)c2cccc(C(=Nc3ccc(Br)cc3)c3ccccc3)n2)cc1.Cc1ccc(N=C(c2ccccc2)c2cccc(C(=Nc3ccc(Br)cc3)c3ccccc3)n2)cc1.[CH3-].[CH3-].[Cl][Fe][Cl].[Fe+2]. The van der Waals surface area contributed by atoms with Gasteiger partial charge in [0.1, 0.15) is 0 Å². The standard InChI is InChI=1S/C32H24BrN3.C31H21Br2N3.2CH3.2ClH.2Fe/c1-23-15-19-27(20-16-23)34-31(24-9-4-2-5-10-24)29-13-8-14-30(36-29)32(25-11-6-3-7-12-25)35-28-21-17-26(33)18-22-28;32-24-14-18-26(19-15-24)34-30(22-8-3-1-4-9-22)28-12-7-13-29(36-28)31(23-10-5-2-6-11-23)35-27-20-16-25(33)17-21-27;;;;;;/h2-22H,1H3;1-21H;2*1H3;2*1H;;/q;;2*-1;;;2*+2/p-2. The molecule has 0 saturated heterocycles. The monoisotopic (exact) mass is 1330 g/mol. The Labute approximate surface area is 509 Å². The van der Waals surface area contributed by atoms with Crippen LogP contribution in [0.3, 0.4) is 0 Å². The van der Waals surface area contributed by atoms with Crippen LogP contribution in [0.4, 0.5) is 22.7 Å². The number of rotatable bonds is 12. The zero-order chi connectivity index (χ0) is 52.2. The summed E-state index contributed by atoms with van der Waals surface area (Å²) in [4.78, 5) is 30.2. The number of hydrogen-bond acceptors (Lipinski definition) is 6. The minimum atomic E-state index is 0. The third-order valence-corrected chi connectivity index (χ3v) is 12.7. The summed E-state index contributed by atoms with van der Waals surface area (Å²) in [6.45, 7) is 2.08. The fourth-order valence-electron chi connectivity index (χ4n) is 7.54. The molecule has 0 spiro atoms. The molecule has 10 aromatic rings. The molecule has 6 nitrogen and oxygen atoms in total. The van der Waals surface area contributed by atoms with Gasteiger partial charge >= 0.3 is 50.4 Å². The van der Waals surface area contributed by atoms with E-state index in [-0.39, 0.29) is 45.1 Å². The van der Waals surface area contributed by atoms with Crippen molar-refractivity contribution < 1.29 is 30.2 Å². The van der Waals surface area contributed by atoms with Crippen molar-refractivity contribution in [1.29, 1.82) is 0 Å². The number of aryl methyl sites for hydroxylation is 1. The first kappa shape index (κ1) is 62.6. The maximum absolute atomic E-state index is 5.08. The number of pyridine rings is 2. The van der Waals surface area contributed by atoms with E-state index in [4.69, 9.17) is 50.1 Å². The summed E-state index contributed by atoms with van der Waals surface area (Å²) < 4.78 is 3.04. The van der Waals surface area contributed by atoms with Crippen LogP contribution in [-0.2, 0) is 30.2 Å². The molecule has 2 aromatic heterocycles. The maximum Gasteiger partial charge on any atom is 2.00 e. The van der Waals surface area contributed by atoms with Crippen molar-refractivity contribution in [3.8, 4) is 0 Å². The van der Waals surface area contributed by atoms with Gasteiger partial charge in [-0.1, -0.05) is 199 Å². The molecule has 0 fully saturated rings. The quantitative estimate of drug-likeness (QED) is 0.0694. The number of hydrogen-bond donors (Lipinski definition) is 0. The van der Waals surface area contributed by atoms with Crippen molar-refractivity contribution in [2.24, 2.45) is 20.0 Å². The molecule has 0 atom stereocenters. The molecule has 0 aliphatic rings. The number of halogens is 5. The van der Waals surface area contributed by atoms with Crippen molar-refractivity contribution in [2.45, 2.75) is 6.92 Å². The van der Waals surface area contributed by atoms with E-state index in [1.54, 1.807) is 0 Å². The molecule has 10 rings (SSSR count). The summed E-state index contributed by atoms with van der Waals surface area (Å²) in [7, 11) is 9.53. The van der Waals surface area contributed by atoms with Crippen LogP contribution in [0.2, 0.25) is 0 Å². The summed E-state index contributed by atoms with van der Waals surface area (Å²) in [6, 6.07) is 84.8. The van der Waals surface area contributed by atoms with Gasteiger partial charge in [0, 0.05) is 35.7 Å². The average Bonchev–Trinajstić information content (AvgIpc) is 3.46. The normalized spacial score (nSPS) is 11.3. The second-order valence-electron chi connectivity index (χ2n) is 16.4. The van der Waals surface area contributed by atoms with Crippen molar-refractivity contribution >= 4 is 114 Å². The van der Waals surface area contributed by atoms with Gasteiger partial charge in [-0.3, -0.25) is 0 Å². The number of nitrogens with zero attached hydrogens (tertiary/aromatic N) is 6.